The van der Waals surface area contributed by atoms with Gasteiger partial charge < -0.3 is 10.3 Å². The van der Waals surface area contributed by atoms with Crippen LogP contribution in [-0.4, -0.2) is 20.8 Å². The van der Waals surface area contributed by atoms with Crippen LogP contribution in [0.4, 0.5) is 0 Å². The molecule has 0 radical (unpaired) electrons. The fourth-order valence-corrected chi connectivity index (χ4v) is 0.802. The SMILES string of the molecule is CC(C)(CN)NS(=O)[O-]. The summed E-state index contributed by atoms with van der Waals surface area (Å²) in [6.45, 7) is 3.71. The Labute approximate surface area is 57.2 Å². The lowest BCUT2D eigenvalue weighted by molar-refractivity contribution is 0.443. The van der Waals surface area contributed by atoms with Crippen molar-refractivity contribution in [3.63, 3.8) is 0 Å². The number of rotatable bonds is 3. The van der Waals surface area contributed by atoms with E-state index in [1.807, 2.05) is 0 Å². The number of hydrogen-bond donors (Lipinski definition) is 2. The van der Waals surface area contributed by atoms with Gasteiger partial charge in [-0.3, -0.25) is 4.21 Å². The molecular formula is C4H11N2O2S-. The largest absolute Gasteiger partial charge is 0.760 e. The first kappa shape index (κ1) is 9.03. The first-order chi connectivity index (χ1) is 3.98. The molecule has 0 saturated heterocycles. The Morgan fingerprint density at radius 3 is 2.33 bits per heavy atom. The smallest absolute Gasteiger partial charge is 0.0361 e. The molecule has 56 valence electrons. The number of nitrogens with one attached hydrogen (secondary N) is 1. The molecule has 0 bridgehead atoms. The Bertz CT molecular complexity index is 115. The van der Waals surface area contributed by atoms with Gasteiger partial charge in [0.2, 0.25) is 0 Å². The van der Waals surface area contributed by atoms with Crippen LogP contribution in [-0.2, 0) is 11.3 Å². The molecule has 0 heterocycles. The summed E-state index contributed by atoms with van der Waals surface area (Å²) in [5, 5.41) is 0. The van der Waals surface area contributed by atoms with Crippen molar-refractivity contribution in [3.8, 4) is 0 Å². The van der Waals surface area contributed by atoms with Crippen molar-refractivity contribution in [1.82, 2.24) is 4.72 Å². The third-order valence-corrected chi connectivity index (χ3v) is 1.59. The molecule has 0 aliphatic rings. The summed E-state index contributed by atoms with van der Waals surface area (Å²) in [7, 11) is 0. The van der Waals surface area contributed by atoms with Gasteiger partial charge in [0.1, 0.15) is 0 Å². The summed E-state index contributed by atoms with van der Waals surface area (Å²) in [5.41, 5.74) is 4.70. The van der Waals surface area contributed by atoms with Gasteiger partial charge in [-0.1, -0.05) is 0 Å². The topological polar surface area (TPSA) is 78.2 Å². The molecule has 0 aliphatic carbocycles. The molecule has 0 aromatic carbocycles. The fourth-order valence-electron chi connectivity index (χ4n) is 0.267. The third-order valence-electron chi connectivity index (χ3n) is 0.870. The molecule has 0 rings (SSSR count). The summed E-state index contributed by atoms with van der Waals surface area (Å²) in [6.07, 6.45) is 0. The van der Waals surface area contributed by atoms with Gasteiger partial charge in [-0.2, -0.15) is 0 Å². The minimum Gasteiger partial charge on any atom is -0.760 e. The molecule has 0 saturated carbocycles. The molecule has 0 spiro atoms. The number of hydrogen-bond acceptors (Lipinski definition) is 3. The molecule has 0 aromatic rings. The molecule has 0 aliphatic heterocycles. The summed E-state index contributed by atoms with van der Waals surface area (Å²) in [4.78, 5) is 0. The summed E-state index contributed by atoms with van der Waals surface area (Å²) in [5.74, 6) is 0. The normalized spacial score (nSPS) is 15.6. The molecule has 1 atom stereocenters. The average molecular weight is 151 g/mol. The highest BCUT2D eigenvalue weighted by molar-refractivity contribution is 7.77. The van der Waals surface area contributed by atoms with E-state index in [2.05, 4.69) is 4.72 Å². The zero-order valence-corrected chi connectivity index (χ0v) is 6.33. The lowest BCUT2D eigenvalue weighted by Crippen LogP contribution is -2.46. The highest BCUT2D eigenvalue weighted by Gasteiger charge is 2.13. The van der Waals surface area contributed by atoms with Gasteiger partial charge in [-0.15, -0.1) is 0 Å². The zero-order valence-electron chi connectivity index (χ0n) is 5.51. The Morgan fingerprint density at radius 2 is 2.22 bits per heavy atom. The van der Waals surface area contributed by atoms with Gasteiger partial charge in [0.15, 0.2) is 0 Å². The van der Waals surface area contributed by atoms with E-state index in [-0.39, 0.29) is 0 Å². The highest BCUT2D eigenvalue weighted by Crippen LogP contribution is 1.97. The van der Waals surface area contributed by atoms with Gasteiger partial charge >= 0.3 is 0 Å². The Kier molecular flexibility index (Phi) is 3.27. The van der Waals surface area contributed by atoms with Gasteiger partial charge in [0.25, 0.3) is 0 Å². The first-order valence-corrected chi connectivity index (χ1v) is 3.62. The summed E-state index contributed by atoms with van der Waals surface area (Å²) in [6, 6.07) is 0. The van der Waals surface area contributed by atoms with Crippen LogP contribution in [0.2, 0.25) is 0 Å². The van der Waals surface area contributed by atoms with Crippen LogP contribution in [0, 0.1) is 0 Å². The second-order valence-electron chi connectivity index (χ2n) is 2.42. The Balaban J connectivity index is 3.71. The first-order valence-electron chi connectivity index (χ1n) is 2.55. The van der Waals surface area contributed by atoms with Crippen molar-refractivity contribution >= 4 is 11.3 Å². The molecule has 1 unspecified atom stereocenters. The van der Waals surface area contributed by atoms with E-state index in [4.69, 9.17) is 5.73 Å². The Morgan fingerprint density at radius 1 is 1.78 bits per heavy atom. The van der Waals surface area contributed by atoms with Gasteiger partial charge in [0.05, 0.1) is 0 Å². The summed E-state index contributed by atoms with van der Waals surface area (Å²) >= 11 is -2.21. The van der Waals surface area contributed by atoms with Crippen LogP contribution >= 0.6 is 0 Å². The van der Waals surface area contributed by atoms with E-state index in [1.165, 1.54) is 0 Å². The van der Waals surface area contributed by atoms with Crippen LogP contribution in [0.3, 0.4) is 0 Å². The van der Waals surface area contributed by atoms with E-state index in [0.29, 0.717) is 6.54 Å². The van der Waals surface area contributed by atoms with Crippen molar-refractivity contribution in [2.45, 2.75) is 19.4 Å². The minimum absolute atomic E-state index is 0.293. The molecule has 3 N–H and O–H groups in total. The van der Waals surface area contributed by atoms with Crippen molar-refractivity contribution in [1.29, 1.82) is 0 Å². The molecular weight excluding hydrogens is 140 g/mol. The second-order valence-corrected chi connectivity index (χ2v) is 3.10. The van der Waals surface area contributed by atoms with Crippen molar-refractivity contribution < 1.29 is 8.76 Å². The lowest BCUT2D eigenvalue weighted by atomic mass is 10.1. The highest BCUT2D eigenvalue weighted by atomic mass is 32.2. The van der Waals surface area contributed by atoms with Crippen LogP contribution in [0.25, 0.3) is 0 Å². The van der Waals surface area contributed by atoms with Gasteiger partial charge in [-0.25, -0.2) is 4.72 Å². The maximum absolute atomic E-state index is 10.0. The van der Waals surface area contributed by atoms with E-state index in [0.717, 1.165) is 0 Å². The molecule has 0 fully saturated rings. The minimum atomic E-state index is -2.21. The van der Waals surface area contributed by atoms with Crippen molar-refractivity contribution in [2.75, 3.05) is 6.54 Å². The number of nitrogens with two attached hydrogens (primary N) is 1. The third kappa shape index (κ3) is 4.53. The van der Waals surface area contributed by atoms with Gasteiger partial charge in [-0.05, 0) is 13.8 Å². The Hall–Kier alpha value is 0.0300. The monoisotopic (exact) mass is 151 g/mol. The van der Waals surface area contributed by atoms with E-state index in [9.17, 15) is 8.76 Å². The average Bonchev–Trinajstić information content (AvgIpc) is 1.63. The van der Waals surface area contributed by atoms with Gasteiger partial charge in [0, 0.05) is 23.4 Å². The summed E-state index contributed by atoms with van der Waals surface area (Å²) < 4.78 is 22.3. The predicted molar refractivity (Wildman–Crippen MR) is 35.2 cm³/mol. The maximum atomic E-state index is 10.0. The van der Waals surface area contributed by atoms with Crippen molar-refractivity contribution in [2.24, 2.45) is 5.73 Å². The van der Waals surface area contributed by atoms with E-state index < -0.39 is 16.8 Å². The molecule has 0 aromatic heterocycles. The molecule has 0 amide bonds. The lowest BCUT2D eigenvalue weighted by Gasteiger charge is -2.24. The molecule has 9 heavy (non-hydrogen) atoms. The van der Waals surface area contributed by atoms with Crippen molar-refractivity contribution in [3.05, 3.63) is 0 Å². The van der Waals surface area contributed by atoms with Crippen LogP contribution in [0.15, 0.2) is 0 Å². The van der Waals surface area contributed by atoms with E-state index in [1.54, 1.807) is 13.8 Å². The maximum Gasteiger partial charge on any atom is 0.0361 e. The second kappa shape index (κ2) is 3.26. The van der Waals surface area contributed by atoms with E-state index >= 15 is 0 Å². The molecule has 4 nitrogen and oxygen atoms in total. The van der Waals surface area contributed by atoms with Crippen LogP contribution in [0.5, 0.6) is 0 Å². The predicted octanol–water partition coefficient (Wildman–Crippen LogP) is -0.893. The zero-order chi connectivity index (χ0) is 7.49. The fraction of sp³-hybridized carbons (Fsp3) is 1.00. The quantitative estimate of drug-likeness (QED) is 0.513. The van der Waals surface area contributed by atoms with Crippen LogP contribution < -0.4 is 10.5 Å². The standard InChI is InChI=1S/C4H12N2O2S/c1-4(2,3-5)6-9(7)8/h6H,3,5H2,1-2H3,(H,7,8)/p-1. The van der Waals surface area contributed by atoms with Crippen LogP contribution in [0.1, 0.15) is 13.8 Å². The molecule has 5 heteroatoms.